The zero-order chi connectivity index (χ0) is 44.7. The molecule has 0 radical (unpaired) electrons. The van der Waals surface area contributed by atoms with Crippen molar-refractivity contribution in [2.24, 2.45) is 0 Å². The van der Waals surface area contributed by atoms with Crippen LogP contribution in [0.5, 0.6) is 11.5 Å². The first-order valence-electron chi connectivity index (χ1n) is 22.4. The minimum Gasteiger partial charge on any atom is -0.497 e. The number of benzene rings is 10. The summed E-state index contributed by atoms with van der Waals surface area (Å²) in [6, 6.07) is 77.7. The molecule has 316 valence electrons. The van der Waals surface area contributed by atoms with Gasteiger partial charge in [-0.25, -0.2) is 0 Å². The molecule has 0 unspecified atom stereocenters. The van der Waals surface area contributed by atoms with E-state index in [2.05, 4.69) is 231 Å². The van der Waals surface area contributed by atoms with Gasteiger partial charge in [0, 0.05) is 0 Å². The second-order valence-corrected chi connectivity index (χ2v) is 16.4. The van der Waals surface area contributed by atoms with Crippen LogP contribution in [0.1, 0.15) is 55.6 Å². The number of ether oxygens (including phenoxy) is 2. The Morgan fingerprint density at radius 1 is 0.273 bits per heavy atom. The normalized spacial score (nSPS) is 12.2. The van der Waals surface area contributed by atoms with Crippen molar-refractivity contribution in [3.8, 4) is 11.5 Å². The van der Waals surface area contributed by atoms with E-state index in [1.54, 1.807) is 14.2 Å². The Hall–Kier alpha value is -8.46. The van der Waals surface area contributed by atoms with Gasteiger partial charge in [-0.2, -0.15) is 0 Å². The molecule has 0 bridgehead atoms. The van der Waals surface area contributed by atoms with Crippen molar-refractivity contribution in [1.29, 1.82) is 0 Å². The topological polar surface area (TPSA) is 18.5 Å². The van der Waals surface area contributed by atoms with Crippen LogP contribution in [-0.2, 0) is 0 Å². The van der Waals surface area contributed by atoms with E-state index in [0.29, 0.717) is 0 Å². The summed E-state index contributed by atoms with van der Waals surface area (Å²) in [5.41, 5.74) is 13.6. The molecule has 0 N–H and O–H groups in total. The molecule has 0 aliphatic heterocycles. The largest absolute Gasteiger partial charge is 0.497 e. The molecule has 0 heterocycles. The maximum Gasteiger partial charge on any atom is 0.118 e. The van der Waals surface area contributed by atoms with Crippen LogP contribution in [0.4, 0.5) is 0 Å². The summed E-state index contributed by atoms with van der Waals surface area (Å²) >= 11 is 0. The smallest absolute Gasteiger partial charge is 0.118 e. The van der Waals surface area contributed by atoms with E-state index in [4.69, 9.17) is 9.47 Å². The third-order valence-electron chi connectivity index (χ3n) is 12.4. The fourth-order valence-electron chi connectivity index (χ4n) is 8.74. The Morgan fingerprint density at radius 2 is 0.576 bits per heavy atom. The fraction of sp³-hybridized carbons (Fsp3) is 0.0312. The molecule has 0 aliphatic carbocycles. The van der Waals surface area contributed by atoms with Crippen LogP contribution < -0.4 is 9.47 Å². The van der Waals surface area contributed by atoms with Crippen LogP contribution in [0.2, 0.25) is 0 Å². The molecule has 0 aromatic heterocycles. The Morgan fingerprint density at radius 3 is 0.955 bits per heavy atom. The van der Waals surface area contributed by atoms with E-state index in [-0.39, 0.29) is 0 Å². The van der Waals surface area contributed by atoms with Crippen molar-refractivity contribution in [2.75, 3.05) is 14.2 Å². The number of rotatable bonds is 12. The van der Waals surface area contributed by atoms with Gasteiger partial charge in [0.05, 0.1) is 14.2 Å². The summed E-state index contributed by atoms with van der Waals surface area (Å²) in [6.45, 7) is 0. The summed E-state index contributed by atoms with van der Waals surface area (Å²) in [7, 11) is 3.41. The quantitative estimate of drug-likeness (QED) is 0.114. The summed E-state index contributed by atoms with van der Waals surface area (Å²) in [6.07, 6.45) is 13.6. The highest BCUT2D eigenvalue weighted by Gasteiger charge is 2.12. The van der Waals surface area contributed by atoms with E-state index in [1.165, 1.54) is 32.3 Å². The Labute approximate surface area is 387 Å². The number of fused-ring (bicyclic) bond motifs is 3. The molecule has 0 amide bonds. The maximum absolute atomic E-state index is 5.54. The van der Waals surface area contributed by atoms with Crippen LogP contribution in [0, 0.1) is 0 Å². The average molecular weight is 849 g/mol. The Kier molecular flexibility index (Phi) is 12.0. The molecule has 0 saturated heterocycles. The van der Waals surface area contributed by atoms with Crippen LogP contribution in [0.25, 0.3) is 79.9 Å². The van der Waals surface area contributed by atoms with Gasteiger partial charge in [0.1, 0.15) is 11.5 Å². The monoisotopic (exact) mass is 848 g/mol. The third-order valence-corrected chi connectivity index (χ3v) is 12.4. The van der Waals surface area contributed by atoms with Gasteiger partial charge >= 0.3 is 0 Å². The number of methoxy groups -OCH3 is 2. The molecule has 0 saturated carbocycles. The van der Waals surface area contributed by atoms with Gasteiger partial charge in [-0.1, -0.05) is 194 Å². The van der Waals surface area contributed by atoms with Gasteiger partial charge in [0.25, 0.3) is 0 Å². The van der Waals surface area contributed by atoms with E-state index < -0.39 is 0 Å². The lowest BCUT2D eigenvalue weighted by Gasteiger charge is -2.13. The van der Waals surface area contributed by atoms with Gasteiger partial charge in [-0.15, -0.1) is 0 Å². The summed E-state index contributed by atoms with van der Waals surface area (Å²) in [4.78, 5) is 0. The number of hydrogen-bond acceptors (Lipinski definition) is 2. The van der Waals surface area contributed by atoms with Gasteiger partial charge < -0.3 is 9.47 Å². The molecular formula is C64H48O2. The van der Waals surface area contributed by atoms with Crippen molar-refractivity contribution in [3.63, 3.8) is 0 Å². The first-order chi connectivity index (χ1) is 32.6. The molecule has 10 rings (SSSR count). The maximum atomic E-state index is 5.54. The van der Waals surface area contributed by atoms with E-state index in [1.807, 2.05) is 24.3 Å². The predicted octanol–water partition coefficient (Wildman–Crippen LogP) is 16.7. The molecule has 10 aromatic rings. The molecule has 10 aromatic carbocycles. The average Bonchev–Trinajstić information content (AvgIpc) is 3.38. The highest BCUT2D eigenvalue weighted by molar-refractivity contribution is 5.99. The molecule has 66 heavy (non-hydrogen) atoms. The molecule has 2 heteroatoms. The molecule has 0 aliphatic rings. The standard InChI is InChI=1S/C64H48O2/c1-65-61-35-31-49(32-36-61)63(59-29-25-45-13-3-7-17-51(45)41-59)43-55-21-9-5-15-47(55)23-27-57-39-53-19-11-12-20-54(53)40-58(57)28-24-48-16-6-10-22-56(48)44-64(50-33-37-62(66-2)38-34-50)60-30-26-46-14-4-8-18-52(46)42-60/h3-44H,1-2H3. The fourth-order valence-corrected chi connectivity index (χ4v) is 8.74. The van der Waals surface area contributed by atoms with Crippen LogP contribution in [0.15, 0.2) is 218 Å². The Bertz CT molecular complexity index is 3240. The summed E-state index contributed by atoms with van der Waals surface area (Å²) in [5.74, 6) is 1.67. The first-order valence-corrected chi connectivity index (χ1v) is 22.4. The second kappa shape index (κ2) is 19.1. The van der Waals surface area contributed by atoms with Gasteiger partial charge in [-0.3, -0.25) is 0 Å². The van der Waals surface area contributed by atoms with Crippen molar-refractivity contribution < 1.29 is 9.47 Å². The third kappa shape index (κ3) is 9.13. The summed E-state index contributed by atoms with van der Waals surface area (Å²) < 4.78 is 11.1. The van der Waals surface area contributed by atoms with E-state index in [0.717, 1.165) is 78.3 Å². The van der Waals surface area contributed by atoms with Crippen molar-refractivity contribution in [2.45, 2.75) is 0 Å². The minimum atomic E-state index is 0.833. The predicted molar refractivity (Wildman–Crippen MR) is 283 cm³/mol. The highest BCUT2D eigenvalue weighted by atomic mass is 16.5. The minimum absolute atomic E-state index is 0.833. The van der Waals surface area contributed by atoms with Crippen molar-refractivity contribution >= 4 is 79.9 Å². The van der Waals surface area contributed by atoms with Gasteiger partial charge in [-0.05, 0) is 160 Å². The van der Waals surface area contributed by atoms with Crippen LogP contribution in [0.3, 0.4) is 0 Å². The SMILES string of the molecule is COc1ccc(C(=Cc2ccccc2C=Cc2cc3ccccc3cc2C=Cc2ccccc2C=C(c2ccc(OC)cc2)c2ccc3ccccc3c2)c2ccc3ccccc3c2)cc1. The van der Waals surface area contributed by atoms with Crippen molar-refractivity contribution in [3.05, 3.63) is 274 Å². The van der Waals surface area contributed by atoms with E-state index in [9.17, 15) is 0 Å². The van der Waals surface area contributed by atoms with Crippen LogP contribution in [-0.4, -0.2) is 14.2 Å². The van der Waals surface area contributed by atoms with E-state index >= 15 is 0 Å². The molecule has 2 nitrogen and oxygen atoms in total. The number of hydrogen-bond donors (Lipinski definition) is 0. The van der Waals surface area contributed by atoms with Crippen molar-refractivity contribution in [1.82, 2.24) is 0 Å². The molecule has 0 spiro atoms. The second-order valence-electron chi connectivity index (χ2n) is 16.4. The highest BCUT2D eigenvalue weighted by Crippen LogP contribution is 2.34. The van der Waals surface area contributed by atoms with Gasteiger partial charge in [0.2, 0.25) is 0 Å². The zero-order valence-electron chi connectivity index (χ0n) is 37.1. The molecular weight excluding hydrogens is 801 g/mol. The lowest BCUT2D eigenvalue weighted by molar-refractivity contribution is 0.414. The zero-order valence-corrected chi connectivity index (χ0v) is 37.1. The Balaban J connectivity index is 1.04. The first kappa shape index (κ1) is 41.5. The lowest BCUT2D eigenvalue weighted by Crippen LogP contribution is -1.91. The molecule has 0 fully saturated rings. The molecule has 0 atom stereocenters. The van der Waals surface area contributed by atoms with Crippen LogP contribution >= 0.6 is 0 Å². The lowest BCUT2D eigenvalue weighted by atomic mass is 9.92. The van der Waals surface area contributed by atoms with Gasteiger partial charge in [0.15, 0.2) is 0 Å². The summed E-state index contributed by atoms with van der Waals surface area (Å²) in [5, 5.41) is 7.25.